The van der Waals surface area contributed by atoms with Crippen LogP contribution in [0.15, 0.2) is 24.3 Å². The maximum absolute atomic E-state index is 12.7. The van der Waals surface area contributed by atoms with Crippen molar-refractivity contribution in [2.45, 2.75) is 32.7 Å². The van der Waals surface area contributed by atoms with Crippen molar-refractivity contribution in [3.05, 3.63) is 35.4 Å². The molecule has 4 heteroatoms. The van der Waals surface area contributed by atoms with E-state index >= 15 is 0 Å². The number of carbonyl (C=O) groups is 1. The van der Waals surface area contributed by atoms with Gasteiger partial charge in [0.25, 0.3) is 5.91 Å². The molecule has 116 valence electrons. The van der Waals surface area contributed by atoms with Crippen LogP contribution in [-0.2, 0) is 6.42 Å². The van der Waals surface area contributed by atoms with Gasteiger partial charge in [-0.3, -0.25) is 9.69 Å². The Bertz CT molecular complexity index is 467. The van der Waals surface area contributed by atoms with E-state index in [1.54, 1.807) is 0 Å². The highest BCUT2D eigenvalue weighted by Gasteiger charge is 2.25. The first-order chi connectivity index (χ1) is 10.2. The molecule has 21 heavy (non-hydrogen) atoms. The molecule has 1 aliphatic rings. The molecule has 4 nitrogen and oxygen atoms in total. The minimum Gasteiger partial charge on any atom is -0.336 e. The zero-order chi connectivity index (χ0) is 15.2. The van der Waals surface area contributed by atoms with Crippen molar-refractivity contribution in [2.24, 2.45) is 5.73 Å². The summed E-state index contributed by atoms with van der Waals surface area (Å²) >= 11 is 0. The smallest absolute Gasteiger partial charge is 0.254 e. The van der Waals surface area contributed by atoms with Gasteiger partial charge in [0.05, 0.1) is 0 Å². The Labute approximate surface area is 127 Å². The summed E-state index contributed by atoms with van der Waals surface area (Å²) in [7, 11) is 0. The Balaban J connectivity index is 2.02. The van der Waals surface area contributed by atoms with Crippen LogP contribution in [0.25, 0.3) is 0 Å². The summed E-state index contributed by atoms with van der Waals surface area (Å²) in [6.45, 7) is 8.63. The minimum absolute atomic E-state index is 0.155. The normalized spacial score (nSPS) is 17.8. The molecule has 2 N–H and O–H groups in total. The third kappa shape index (κ3) is 3.83. The molecule has 0 aromatic heterocycles. The van der Waals surface area contributed by atoms with Gasteiger partial charge in [-0.15, -0.1) is 0 Å². The SMILES string of the molecule is CCC(C)N1CCN(C(=O)c2ccccc2CCN)CC1. The van der Waals surface area contributed by atoms with Crippen LogP contribution in [0.5, 0.6) is 0 Å². The van der Waals surface area contributed by atoms with Gasteiger partial charge < -0.3 is 10.6 Å². The molecule has 1 saturated heterocycles. The Morgan fingerprint density at radius 3 is 2.52 bits per heavy atom. The van der Waals surface area contributed by atoms with E-state index in [0.717, 1.165) is 50.1 Å². The second-order valence-electron chi connectivity index (χ2n) is 5.78. The van der Waals surface area contributed by atoms with E-state index in [2.05, 4.69) is 18.7 Å². The molecule has 1 aliphatic heterocycles. The molecule has 1 unspecified atom stereocenters. The molecule has 0 spiro atoms. The monoisotopic (exact) mass is 289 g/mol. The van der Waals surface area contributed by atoms with Crippen molar-refractivity contribution in [3.63, 3.8) is 0 Å². The number of amides is 1. The molecule has 1 atom stereocenters. The Hall–Kier alpha value is -1.39. The van der Waals surface area contributed by atoms with Crippen LogP contribution in [-0.4, -0.2) is 54.5 Å². The van der Waals surface area contributed by atoms with Crippen molar-refractivity contribution in [2.75, 3.05) is 32.7 Å². The van der Waals surface area contributed by atoms with Crippen LogP contribution in [0.3, 0.4) is 0 Å². The first kappa shape index (κ1) is 16.0. The van der Waals surface area contributed by atoms with Crippen LogP contribution in [0.4, 0.5) is 0 Å². The summed E-state index contributed by atoms with van der Waals surface area (Å²) in [6, 6.07) is 8.45. The summed E-state index contributed by atoms with van der Waals surface area (Å²) in [6.07, 6.45) is 1.92. The van der Waals surface area contributed by atoms with Crippen LogP contribution in [0.1, 0.15) is 36.2 Å². The van der Waals surface area contributed by atoms with Crippen molar-refractivity contribution in [3.8, 4) is 0 Å². The number of hydrogen-bond donors (Lipinski definition) is 1. The second-order valence-corrected chi connectivity index (χ2v) is 5.78. The molecule has 0 saturated carbocycles. The number of rotatable bonds is 5. The third-order valence-corrected chi connectivity index (χ3v) is 4.48. The summed E-state index contributed by atoms with van der Waals surface area (Å²) in [5.74, 6) is 0.155. The van der Waals surface area contributed by atoms with Crippen molar-refractivity contribution < 1.29 is 4.79 Å². The zero-order valence-electron chi connectivity index (χ0n) is 13.2. The maximum atomic E-state index is 12.7. The second kappa shape index (κ2) is 7.57. The predicted octanol–water partition coefficient (Wildman–Crippen LogP) is 1.74. The van der Waals surface area contributed by atoms with E-state index in [0.29, 0.717) is 12.6 Å². The molecule has 1 fully saturated rings. The van der Waals surface area contributed by atoms with Gasteiger partial charge in [-0.1, -0.05) is 25.1 Å². The first-order valence-corrected chi connectivity index (χ1v) is 7.98. The number of nitrogens with two attached hydrogens (primary N) is 1. The summed E-state index contributed by atoms with van der Waals surface area (Å²) in [4.78, 5) is 17.2. The van der Waals surface area contributed by atoms with Crippen LogP contribution >= 0.6 is 0 Å². The van der Waals surface area contributed by atoms with Gasteiger partial charge >= 0.3 is 0 Å². The van der Waals surface area contributed by atoms with Crippen molar-refractivity contribution in [1.82, 2.24) is 9.80 Å². The molecule has 1 amide bonds. The van der Waals surface area contributed by atoms with Gasteiger partial charge in [0.1, 0.15) is 0 Å². The molecular weight excluding hydrogens is 262 g/mol. The molecule has 2 rings (SSSR count). The van der Waals surface area contributed by atoms with Gasteiger partial charge in [-0.05, 0) is 37.9 Å². The lowest BCUT2D eigenvalue weighted by Crippen LogP contribution is -2.51. The standard InChI is InChI=1S/C17H27N3O/c1-3-14(2)19-10-12-20(13-11-19)17(21)16-7-5-4-6-15(16)8-9-18/h4-7,14H,3,8-13,18H2,1-2H3. The van der Waals surface area contributed by atoms with E-state index in [4.69, 9.17) is 5.73 Å². The number of piperazine rings is 1. The number of carbonyl (C=O) groups excluding carboxylic acids is 1. The molecule has 0 radical (unpaired) electrons. The fourth-order valence-corrected chi connectivity index (χ4v) is 2.90. The Kier molecular flexibility index (Phi) is 5.76. The van der Waals surface area contributed by atoms with E-state index in [-0.39, 0.29) is 5.91 Å². The fraction of sp³-hybridized carbons (Fsp3) is 0.588. The Morgan fingerprint density at radius 1 is 1.24 bits per heavy atom. The van der Waals surface area contributed by atoms with Gasteiger partial charge in [-0.25, -0.2) is 0 Å². The lowest BCUT2D eigenvalue weighted by molar-refractivity contribution is 0.0578. The number of nitrogens with zero attached hydrogens (tertiary/aromatic N) is 2. The highest BCUT2D eigenvalue weighted by Crippen LogP contribution is 2.15. The molecule has 1 aromatic rings. The van der Waals surface area contributed by atoms with Crippen molar-refractivity contribution in [1.29, 1.82) is 0 Å². The molecule has 1 aromatic carbocycles. The first-order valence-electron chi connectivity index (χ1n) is 7.98. The predicted molar refractivity (Wildman–Crippen MR) is 86.4 cm³/mol. The zero-order valence-corrected chi connectivity index (χ0v) is 13.2. The molecular formula is C17H27N3O. The van der Waals surface area contributed by atoms with Gasteiger partial charge in [0.2, 0.25) is 0 Å². The van der Waals surface area contributed by atoms with E-state index < -0.39 is 0 Å². The maximum Gasteiger partial charge on any atom is 0.254 e. The van der Waals surface area contributed by atoms with Gasteiger partial charge in [0, 0.05) is 37.8 Å². The topological polar surface area (TPSA) is 49.6 Å². The summed E-state index contributed by atoms with van der Waals surface area (Å²) in [5.41, 5.74) is 7.53. The highest BCUT2D eigenvalue weighted by atomic mass is 16.2. The van der Waals surface area contributed by atoms with E-state index in [1.165, 1.54) is 0 Å². The fourth-order valence-electron chi connectivity index (χ4n) is 2.90. The highest BCUT2D eigenvalue weighted by molar-refractivity contribution is 5.95. The lowest BCUT2D eigenvalue weighted by atomic mass is 10.0. The van der Waals surface area contributed by atoms with E-state index in [9.17, 15) is 4.79 Å². The van der Waals surface area contributed by atoms with Crippen molar-refractivity contribution >= 4 is 5.91 Å². The van der Waals surface area contributed by atoms with Gasteiger partial charge in [-0.2, -0.15) is 0 Å². The summed E-state index contributed by atoms with van der Waals surface area (Å²) < 4.78 is 0. The van der Waals surface area contributed by atoms with Crippen LogP contribution < -0.4 is 5.73 Å². The van der Waals surface area contributed by atoms with Crippen LogP contribution in [0.2, 0.25) is 0 Å². The average Bonchev–Trinajstić information content (AvgIpc) is 2.54. The molecule has 0 bridgehead atoms. The molecule has 0 aliphatic carbocycles. The number of benzene rings is 1. The number of hydrogen-bond acceptors (Lipinski definition) is 3. The quantitative estimate of drug-likeness (QED) is 0.898. The molecule has 1 heterocycles. The van der Waals surface area contributed by atoms with E-state index in [1.807, 2.05) is 29.2 Å². The largest absolute Gasteiger partial charge is 0.336 e. The summed E-state index contributed by atoms with van der Waals surface area (Å²) in [5, 5.41) is 0. The van der Waals surface area contributed by atoms with Gasteiger partial charge in [0.15, 0.2) is 0 Å². The third-order valence-electron chi connectivity index (χ3n) is 4.48. The lowest BCUT2D eigenvalue weighted by Gasteiger charge is -2.38. The minimum atomic E-state index is 0.155. The van der Waals surface area contributed by atoms with Crippen LogP contribution in [0, 0.1) is 0 Å². The Morgan fingerprint density at radius 2 is 1.90 bits per heavy atom. The average molecular weight is 289 g/mol.